The topological polar surface area (TPSA) is 46.3 Å². The Morgan fingerprint density at radius 3 is 2.80 bits per heavy atom. The predicted octanol–water partition coefficient (Wildman–Crippen LogP) is 2.95. The number of nitrogens with zero attached hydrogens (tertiary/aromatic N) is 1. The fourth-order valence-electron chi connectivity index (χ4n) is 2.40. The van der Waals surface area contributed by atoms with Crippen LogP contribution in [0.25, 0.3) is 0 Å². The second kappa shape index (κ2) is 5.59. The monoisotopic (exact) mass is 284 g/mol. The summed E-state index contributed by atoms with van der Waals surface area (Å²) in [6.45, 7) is 0.757. The van der Waals surface area contributed by atoms with E-state index in [0.717, 1.165) is 23.5 Å². The molecule has 0 aromatic heterocycles. The first-order valence-electron chi connectivity index (χ1n) is 6.60. The molecule has 2 aromatic rings. The first kappa shape index (κ1) is 13.1. The standard InChI is InChI=1S/C16H16N2OS/c17-13-7-6-12-8-9-18(15(12)10-13)16(19)11-20-14-4-2-1-3-5-14/h1-7,10H,8-9,11,17H2. The summed E-state index contributed by atoms with van der Waals surface area (Å²) in [5.41, 5.74) is 8.70. The zero-order valence-corrected chi connectivity index (χ0v) is 11.9. The van der Waals surface area contributed by atoms with Gasteiger partial charge < -0.3 is 10.6 Å². The van der Waals surface area contributed by atoms with Gasteiger partial charge in [0, 0.05) is 22.8 Å². The quantitative estimate of drug-likeness (QED) is 0.696. The molecular formula is C16H16N2OS. The average Bonchev–Trinajstić information content (AvgIpc) is 2.89. The lowest BCUT2D eigenvalue weighted by Gasteiger charge is -2.17. The summed E-state index contributed by atoms with van der Waals surface area (Å²) in [5.74, 6) is 0.598. The van der Waals surface area contributed by atoms with E-state index in [1.165, 1.54) is 5.56 Å². The largest absolute Gasteiger partial charge is 0.399 e. The highest BCUT2D eigenvalue weighted by Gasteiger charge is 2.24. The van der Waals surface area contributed by atoms with Crippen LogP contribution in [0.5, 0.6) is 0 Å². The number of hydrogen-bond acceptors (Lipinski definition) is 3. The normalized spacial score (nSPS) is 13.3. The van der Waals surface area contributed by atoms with Crippen LogP contribution < -0.4 is 10.6 Å². The molecule has 1 amide bonds. The Bertz CT molecular complexity index is 628. The van der Waals surface area contributed by atoms with E-state index in [-0.39, 0.29) is 5.91 Å². The molecule has 0 radical (unpaired) electrons. The van der Waals surface area contributed by atoms with Gasteiger partial charge in [-0.3, -0.25) is 4.79 Å². The van der Waals surface area contributed by atoms with Crippen molar-refractivity contribution in [3.05, 3.63) is 54.1 Å². The second-order valence-electron chi connectivity index (χ2n) is 4.79. The van der Waals surface area contributed by atoms with Crippen LogP contribution in [0.1, 0.15) is 5.56 Å². The maximum atomic E-state index is 12.4. The second-order valence-corrected chi connectivity index (χ2v) is 5.83. The van der Waals surface area contributed by atoms with Gasteiger partial charge in [-0.1, -0.05) is 24.3 Å². The van der Waals surface area contributed by atoms with Gasteiger partial charge in [0.05, 0.1) is 5.75 Å². The number of anilines is 2. The zero-order chi connectivity index (χ0) is 13.9. The van der Waals surface area contributed by atoms with Crippen molar-refractivity contribution >= 4 is 29.0 Å². The lowest BCUT2D eigenvalue weighted by Crippen LogP contribution is -2.30. The minimum atomic E-state index is 0.142. The molecule has 0 fully saturated rings. The maximum Gasteiger partial charge on any atom is 0.237 e. The Hall–Kier alpha value is -1.94. The summed E-state index contributed by atoms with van der Waals surface area (Å²) in [5, 5.41) is 0. The van der Waals surface area contributed by atoms with E-state index < -0.39 is 0 Å². The lowest BCUT2D eigenvalue weighted by molar-refractivity contribution is -0.116. The van der Waals surface area contributed by atoms with Crippen LogP contribution in [0.2, 0.25) is 0 Å². The number of carbonyl (C=O) groups excluding carboxylic acids is 1. The molecule has 2 N–H and O–H groups in total. The summed E-state index contributed by atoms with van der Waals surface area (Å²) >= 11 is 1.57. The van der Waals surface area contributed by atoms with Gasteiger partial charge in [0.1, 0.15) is 0 Å². The Labute approximate surface area is 122 Å². The number of nitrogens with two attached hydrogens (primary N) is 1. The van der Waals surface area contributed by atoms with Crippen LogP contribution in [0.15, 0.2) is 53.4 Å². The number of carbonyl (C=O) groups is 1. The highest BCUT2D eigenvalue weighted by atomic mass is 32.2. The molecule has 0 unspecified atom stereocenters. The molecule has 102 valence electrons. The molecule has 3 nitrogen and oxygen atoms in total. The Morgan fingerprint density at radius 2 is 2.00 bits per heavy atom. The fourth-order valence-corrected chi connectivity index (χ4v) is 3.19. The third-order valence-electron chi connectivity index (χ3n) is 3.41. The average molecular weight is 284 g/mol. The minimum absolute atomic E-state index is 0.142. The van der Waals surface area contributed by atoms with E-state index in [2.05, 4.69) is 0 Å². The number of thioether (sulfide) groups is 1. The molecule has 0 saturated carbocycles. The van der Waals surface area contributed by atoms with Crippen LogP contribution in [-0.4, -0.2) is 18.2 Å². The minimum Gasteiger partial charge on any atom is -0.399 e. The molecule has 0 saturated heterocycles. The molecule has 4 heteroatoms. The van der Waals surface area contributed by atoms with Gasteiger partial charge in [-0.15, -0.1) is 11.8 Å². The van der Waals surface area contributed by atoms with Crippen molar-refractivity contribution in [2.75, 3.05) is 22.9 Å². The number of hydrogen-bond donors (Lipinski definition) is 1. The van der Waals surface area contributed by atoms with E-state index in [9.17, 15) is 4.79 Å². The van der Waals surface area contributed by atoms with Gasteiger partial charge in [-0.05, 0) is 36.2 Å². The predicted molar refractivity (Wildman–Crippen MR) is 84.1 cm³/mol. The Balaban J connectivity index is 1.69. The molecule has 0 atom stereocenters. The van der Waals surface area contributed by atoms with Crippen molar-refractivity contribution in [3.8, 4) is 0 Å². The van der Waals surface area contributed by atoms with Gasteiger partial charge in [-0.25, -0.2) is 0 Å². The molecule has 1 aliphatic rings. The number of nitrogen functional groups attached to an aromatic ring is 1. The van der Waals surface area contributed by atoms with Gasteiger partial charge in [0.15, 0.2) is 0 Å². The molecule has 20 heavy (non-hydrogen) atoms. The molecule has 1 heterocycles. The summed E-state index contributed by atoms with van der Waals surface area (Å²) in [6, 6.07) is 15.8. The third-order valence-corrected chi connectivity index (χ3v) is 4.41. The van der Waals surface area contributed by atoms with Crippen molar-refractivity contribution in [1.29, 1.82) is 0 Å². The molecule has 2 aromatic carbocycles. The SMILES string of the molecule is Nc1ccc2c(c1)N(C(=O)CSc1ccccc1)CC2. The molecule has 0 bridgehead atoms. The van der Waals surface area contributed by atoms with Gasteiger partial charge >= 0.3 is 0 Å². The van der Waals surface area contributed by atoms with Gasteiger partial charge in [0.25, 0.3) is 0 Å². The van der Waals surface area contributed by atoms with E-state index in [1.807, 2.05) is 53.4 Å². The summed E-state index contributed by atoms with van der Waals surface area (Å²) in [6.07, 6.45) is 0.914. The molecule has 3 rings (SSSR count). The Kier molecular flexibility index (Phi) is 3.65. The highest BCUT2D eigenvalue weighted by molar-refractivity contribution is 8.00. The van der Waals surface area contributed by atoms with E-state index in [0.29, 0.717) is 11.4 Å². The van der Waals surface area contributed by atoms with Crippen LogP contribution in [-0.2, 0) is 11.2 Å². The van der Waals surface area contributed by atoms with Crippen molar-refractivity contribution in [3.63, 3.8) is 0 Å². The van der Waals surface area contributed by atoms with E-state index in [4.69, 9.17) is 5.73 Å². The van der Waals surface area contributed by atoms with Crippen LogP contribution >= 0.6 is 11.8 Å². The van der Waals surface area contributed by atoms with E-state index in [1.54, 1.807) is 11.8 Å². The summed E-state index contributed by atoms with van der Waals surface area (Å²) < 4.78 is 0. The maximum absolute atomic E-state index is 12.4. The molecule has 0 aliphatic carbocycles. The number of fused-ring (bicyclic) bond motifs is 1. The smallest absolute Gasteiger partial charge is 0.237 e. The Morgan fingerprint density at radius 1 is 1.20 bits per heavy atom. The zero-order valence-electron chi connectivity index (χ0n) is 11.1. The number of rotatable bonds is 3. The first-order chi connectivity index (χ1) is 9.74. The van der Waals surface area contributed by atoms with Crippen LogP contribution in [0, 0.1) is 0 Å². The molecule has 1 aliphatic heterocycles. The van der Waals surface area contributed by atoms with Gasteiger partial charge in [0.2, 0.25) is 5.91 Å². The first-order valence-corrected chi connectivity index (χ1v) is 7.59. The van der Waals surface area contributed by atoms with Crippen LogP contribution in [0.3, 0.4) is 0 Å². The van der Waals surface area contributed by atoms with Crippen LogP contribution in [0.4, 0.5) is 11.4 Å². The highest BCUT2D eigenvalue weighted by Crippen LogP contribution is 2.31. The molecule has 0 spiro atoms. The van der Waals surface area contributed by atoms with E-state index >= 15 is 0 Å². The van der Waals surface area contributed by atoms with Crippen molar-refractivity contribution in [2.45, 2.75) is 11.3 Å². The van der Waals surface area contributed by atoms with Gasteiger partial charge in [-0.2, -0.15) is 0 Å². The van der Waals surface area contributed by atoms with Crippen molar-refractivity contribution in [2.24, 2.45) is 0 Å². The number of benzene rings is 2. The summed E-state index contributed by atoms with van der Waals surface area (Å²) in [7, 11) is 0. The molecular weight excluding hydrogens is 268 g/mol. The number of amides is 1. The summed E-state index contributed by atoms with van der Waals surface area (Å²) in [4.78, 5) is 15.3. The fraction of sp³-hybridized carbons (Fsp3) is 0.188. The third kappa shape index (κ3) is 2.65. The lowest BCUT2D eigenvalue weighted by atomic mass is 10.1. The van der Waals surface area contributed by atoms with Crippen molar-refractivity contribution in [1.82, 2.24) is 0 Å². The van der Waals surface area contributed by atoms with Crippen molar-refractivity contribution < 1.29 is 4.79 Å².